The number of likely N-dealkylation sites (N-methyl/N-ethyl adjacent to an activating group) is 1. The fraction of sp³-hybridized carbons (Fsp3) is 0.611. The number of amides is 1. The number of hydrogen-bond donors (Lipinski definition) is 2. The molecule has 0 aliphatic carbocycles. The molecular formula is C18H28N2O2. The highest BCUT2D eigenvalue weighted by Gasteiger charge is 2.28. The zero-order chi connectivity index (χ0) is 15.9. The first kappa shape index (κ1) is 17.0. The van der Waals surface area contributed by atoms with Crippen LogP contribution in [0.15, 0.2) is 30.3 Å². The van der Waals surface area contributed by atoms with Crippen molar-refractivity contribution >= 4 is 5.91 Å². The van der Waals surface area contributed by atoms with E-state index in [9.17, 15) is 9.90 Å². The van der Waals surface area contributed by atoms with E-state index in [1.165, 1.54) is 6.42 Å². The van der Waals surface area contributed by atoms with Gasteiger partial charge in [-0.05, 0) is 44.8 Å². The van der Waals surface area contributed by atoms with Crippen LogP contribution in [0.1, 0.15) is 51.2 Å². The predicted molar refractivity (Wildman–Crippen MR) is 88.5 cm³/mol. The minimum absolute atomic E-state index is 0.00457. The summed E-state index contributed by atoms with van der Waals surface area (Å²) < 4.78 is 0. The summed E-state index contributed by atoms with van der Waals surface area (Å²) in [5, 5.41) is 13.3. The van der Waals surface area contributed by atoms with Crippen molar-refractivity contribution in [2.75, 3.05) is 13.1 Å². The number of hydrogen-bond acceptors (Lipinski definition) is 3. The smallest absolute Gasteiger partial charge is 0.237 e. The Balaban J connectivity index is 1.85. The lowest BCUT2D eigenvalue weighted by atomic mass is 10.00. The molecule has 4 nitrogen and oxygen atoms in total. The molecule has 0 bridgehead atoms. The SMILES string of the molecule is CCN1CCCCC1C(=O)NC(C)CC(O)c1ccccc1. The Labute approximate surface area is 133 Å². The van der Waals surface area contributed by atoms with Gasteiger partial charge in [0.25, 0.3) is 0 Å². The highest BCUT2D eigenvalue weighted by atomic mass is 16.3. The topological polar surface area (TPSA) is 52.6 Å². The Hall–Kier alpha value is -1.39. The van der Waals surface area contributed by atoms with E-state index in [1.54, 1.807) is 0 Å². The zero-order valence-electron chi connectivity index (χ0n) is 13.7. The number of aliphatic hydroxyl groups is 1. The van der Waals surface area contributed by atoms with E-state index in [0.29, 0.717) is 6.42 Å². The molecule has 1 fully saturated rings. The second-order valence-electron chi connectivity index (χ2n) is 6.21. The van der Waals surface area contributed by atoms with Crippen molar-refractivity contribution in [3.8, 4) is 0 Å². The van der Waals surface area contributed by atoms with Gasteiger partial charge in [-0.2, -0.15) is 0 Å². The Morgan fingerprint density at radius 3 is 2.77 bits per heavy atom. The highest BCUT2D eigenvalue weighted by molar-refractivity contribution is 5.82. The zero-order valence-corrected chi connectivity index (χ0v) is 13.7. The lowest BCUT2D eigenvalue weighted by Crippen LogP contribution is -2.51. The van der Waals surface area contributed by atoms with Gasteiger partial charge >= 0.3 is 0 Å². The number of likely N-dealkylation sites (tertiary alicyclic amines) is 1. The van der Waals surface area contributed by atoms with Crippen LogP contribution in [-0.4, -0.2) is 41.1 Å². The standard InChI is InChI=1S/C18H28N2O2/c1-3-20-12-8-7-11-16(20)18(22)19-14(2)13-17(21)15-9-5-4-6-10-15/h4-6,9-10,14,16-17,21H,3,7-8,11-13H2,1-2H3,(H,19,22). The molecule has 122 valence electrons. The van der Waals surface area contributed by atoms with E-state index in [4.69, 9.17) is 0 Å². The van der Waals surface area contributed by atoms with Crippen molar-refractivity contribution in [1.82, 2.24) is 10.2 Å². The second-order valence-corrected chi connectivity index (χ2v) is 6.21. The van der Waals surface area contributed by atoms with E-state index in [2.05, 4.69) is 17.1 Å². The van der Waals surface area contributed by atoms with Gasteiger partial charge in [-0.25, -0.2) is 0 Å². The van der Waals surface area contributed by atoms with Crippen LogP contribution in [0.5, 0.6) is 0 Å². The van der Waals surface area contributed by atoms with Crippen LogP contribution in [0, 0.1) is 0 Å². The van der Waals surface area contributed by atoms with Crippen LogP contribution >= 0.6 is 0 Å². The van der Waals surface area contributed by atoms with Gasteiger partial charge in [0.1, 0.15) is 0 Å². The summed E-state index contributed by atoms with van der Waals surface area (Å²) in [5.74, 6) is 0.106. The van der Waals surface area contributed by atoms with Crippen molar-refractivity contribution < 1.29 is 9.90 Å². The average Bonchev–Trinajstić information content (AvgIpc) is 2.55. The molecule has 3 unspecified atom stereocenters. The van der Waals surface area contributed by atoms with Gasteiger partial charge in [-0.15, -0.1) is 0 Å². The number of nitrogens with zero attached hydrogens (tertiary/aromatic N) is 1. The molecular weight excluding hydrogens is 276 g/mol. The van der Waals surface area contributed by atoms with Crippen molar-refractivity contribution in [3.63, 3.8) is 0 Å². The van der Waals surface area contributed by atoms with Gasteiger partial charge in [0.05, 0.1) is 12.1 Å². The molecule has 4 heteroatoms. The fourth-order valence-corrected chi connectivity index (χ4v) is 3.21. The molecule has 0 radical (unpaired) electrons. The number of carbonyl (C=O) groups excluding carboxylic acids is 1. The first-order valence-electron chi connectivity index (χ1n) is 8.39. The summed E-state index contributed by atoms with van der Waals surface area (Å²) in [7, 11) is 0. The van der Waals surface area contributed by atoms with E-state index in [1.807, 2.05) is 37.3 Å². The highest BCUT2D eigenvalue weighted by Crippen LogP contribution is 2.19. The van der Waals surface area contributed by atoms with Gasteiger partial charge in [-0.1, -0.05) is 43.7 Å². The van der Waals surface area contributed by atoms with E-state index >= 15 is 0 Å². The Morgan fingerprint density at radius 1 is 1.36 bits per heavy atom. The summed E-state index contributed by atoms with van der Waals surface area (Å²) in [4.78, 5) is 14.7. The van der Waals surface area contributed by atoms with Crippen LogP contribution in [0.3, 0.4) is 0 Å². The van der Waals surface area contributed by atoms with Gasteiger partial charge in [-0.3, -0.25) is 9.69 Å². The van der Waals surface area contributed by atoms with Crippen molar-refractivity contribution in [2.24, 2.45) is 0 Å². The molecule has 1 aromatic rings. The summed E-state index contributed by atoms with van der Waals surface area (Å²) in [6.45, 7) is 5.99. The molecule has 1 saturated heterocycles. The molecule has 0 saturated carbocycles. The lowest BCUT2D eigenvalue weighted by molar-refractivity contribution is -0.128. The van der Waals surface area contributed by atoms with Crippen molar-refractivity contribution in [2.45, 2.75) is 57.7 Å². The number of rotatable bonds is 6. The number of aliphatic hydroxyl groups excluding tert-OH is 1. The van der Waals surface area contributed by atoms with Crippen LogP contribution in [0.4, 0.5) is 0 Å². The van der Waals surface area contributed by atoms with E-state index in [-0.39, 0.29) is 18.0 Å². The van der Waals surface area contributed by atoms with Crippen LogP contribution < -0.4 is 5.32 Å². The monoisotopic (exact) mass is 304 g/mol. The van der Waals surface area contributed by atoms with E-state index < -0.39 is 6.10 Å². The third-order valence-corrected chi connectivity index (χ3v) is 4.47. The van der Waals surface area contributed by atoms with Gasteiger partial charge in [0, 0.05) is 6.04 Å². The van der Waals surface area contributed by atoms with Crippen LogP contribution in [0.2, 0.25) is 0 Å². The first-order chi connectivity index (χ1) is 10.6. The largest absolute Gasteiger partial charge is 0.388 e. The third kappa shape index (κ3) is 4.55. The predicted octanol–water partition coefficient (Wildman–Crippen LogP) is 2.49. The summed E-state index contributed by atoms with van der Waals surface area (Å²) in [5.41, 5.74) is 0.899. The van der Waals surface area contributed by atoms with E-state index in [0.717, 1.165) is 31.5 Å². The quantitative estimate of drug-likeness (QED) is 0.849. The molecule has 2 N–H and O–H groups in total. The van der Waals surface area contributed by atoms with Gasteiger partial charge in [0.15, 0.2) is 0 Å². The molecule has 0 aromatic heterocycles. The number of piperidine rings is 1. The molecule has 22 heavy (non-hydrogen) atoms. The van der Waals surface area contributed by atoms with Crippen molar-refractivity contribution in [1.29, 1.82) is 0 Å². The summed E-state index contributed by atoms with van der Waals surface area (Å²) in [6.07, 6.45) is 3.24. The Bertz CT molecular complexity index is 463. The maximum Gasteiger partial charge on any atom is 0.237 e. The van der Waals surface area contributed by atoms with Crippen molar-refractivity contribution in [3.05, 3.63) is 35.9 Å². The minimum Gasteiger partial charge on any atom is -0.388 e. The minimum atomic E-state index is -0.537. The molecule has 1 aliphatic rings. The molecule has 1 aliphatic heterocycles. The first-order valence-corrected chi connectivity index (χ1v) is 8.39. The molecule has 1 aromatic carbocycles. The number of nitrogens with one attached hydrogen (secondary N) is 1. The molecule has 3 atom stereocenters. The Kier molecular flexibility index (Phi) is 6.40. The normalized spacial score (nSPS) is 22.0. The second kappa shape index (κ2) is 8.30. The fourth-order valence-electron chi connectivity index (χ4n) is 3.21. The third-order valence-electron chi connectivity index (χ3n) is 4.47. The average molecular weight is 304 g/mol. The lowest BCUT2D eigenvalue weighted by Gasteiger charge is -2.34. The van der Waals surface area contributed by atoms with Crippen LogP contribution in [0.25, 0.3) is 0 Å². The Morgan fingerprint density at radius 2 is 2.09 bits per heavy atom. The molecule has 1 heterocycles. The number of carbonyl (C=O) groups is 1. The molecule has 0 spiro atoms. The maximum atomic E-state index is 12.5. The summed E-state index contributed by atoms with van der Waals surface area (Å²) >= 11 is 0. The summed E-state index contributed by atoms with van der Waals surface area (Å²) in [6, 6.07) is 9.56. The van der Waals surface area contributed by atoms with Gasteiger partial charge < -0.3 is 10.4 Å². The van der Waals surface area contributed by atoms with Gasteiger partial charge in [0.2, 0.25) is 5.91 Å². The molecule has 2 rings (SSSR count). The molecule has 1 amide bonds. The maximum absolute atomic E-state index is 12.5. The number of benzene rings is 1. The van der Waals surface area contributed by atoms with Crippen LogP contribution in [-0.2, 0) is 4.79 Å².